The van der Waals surface area contributed by atoms with E-state index in [0.717, 1.165) is 16.9 Å². The Kier molecular flexibility index (Phi) is 6.01. The van der Waals surface area contributed by atoms with Crippen molar-refractivity contribution in [3.63, 3.8) is 0 Å². The Hall–Kier alpha value is -2.67. The van der Waals surface area contributed by atoms with Crippen molar-refractivity contribution < 1.29 is 14.1 Å². The molecule has 7 heteroatoms. The van der Waals surface area contributed by atoms with Gasteiger partial charge in [0.05, 0.1) is 6.61 Å². The second-order valence-corrected chi connectivity index (χ2v) is 6.59. The quantitative estimate of drug-likeness (QED) is 0.603. The van der Waals surface area contributed by atoms with E-state index in [9.17, 15) is 4.79 Å². The van der Waals surface area contributed by atoms with Crippen LogP contribution in [0, 0.1) is 0 Å². The standard InChI is InChI=1S/C19H21N3O3S/c1-3-24-16-7-5-4-6-14(16)12-22(2)18(23)9-8-17-20-19(21-25-17)15-10-11-26-13-15/h4-7,10-11,13H,3,8-9,12H2,1-2H3. The number of aromatic nitrogens is 2. The molecule has 0 radical (unpaired) electrons. The number of nitrogens with zero attached hydrogens (tertiary/aromatic N) is 3. The number of amides is 1. The molecule has 2 aromatic heterocycles. The zero-order valence-corrected chi connectivity index (χ0v) is 15.7. The van der Waals surface area contributed by atoms with E-state index in [2.05, 4.69) is 10.1 Å². The van der Waals surface area contributed by atoms with Crippen molar-refractivity contribution in [2.75, 3.05) is 13.7 Å². The minimum atomic E-state index is 0.0200. The number of benzene rings is 1. The van der Waals surface area contributed by atoms with Gasteiger partial charge in [-0.15, -0.1) is 0 Å². The van der Waals surface area contributed by atoms with Crippen LogP contribution in [-0.4, -0.2) is 34.6 Å². The molecule has 3 rings (SSSR count). The van der Waals surface area contributed by atoms with Gasteiger partial charge in [-0.2, -0.15) is 16.3 Å². The predicted molar refractivity (Wildman–Crippen MR) is 100 cm³/mol. The largest absolute Gasteiger partial charge is 0.494 e. The van der Waals surface area contributed by atoms with E-state index in [1.165, 1.54) is 0 Å². The summed E-state index contributed by atoms with van der Waals surface area (Å²) in [6.45, 7) is 3.04. The van der Waals surface area contributed by atoms with Crippen molar-refractivity contribution in [2.24, 2.45) is 0 Å². The molecule has 0 aliphatic heterocycles. The van der Waals surface area contributed by atoms with Gasteiger partial charge in [-0.05, 0) is 24.4 Å². The first-order valence-electron chi connectivity index (χ1n) is 8.47. The maximum absolute atomic E-state index is 12.4. The van der Waals surface area contributed by atoms with Crippen molar-refractivity contribution >= 4 is 17.2 Å². The van der Waals surface area contributed by atoms with Gasteiger partial charge in [0.25, 0.3) is 0 Å². The minimum absolute atomic E-state index is 0.0200. The summed E-state index contributed by atoms with van der Waals surface area (Å²) < 4.78 is 10.9. The SMILES string of the molecule is CCOc1ccccc1CN(C)C(=O)CCc1nc(-c2ccsc2)no1. The molecule has 0 bridgehead atoms. The molecule has 0 aliphatic rings. The Morgan fingerprint density at radius 1 is 1.31 bits per heavy atom. The summed E-state index contributed by atoms with van der Waals surface area (Å²) >= 11 is 1.58. The third kappa shape index (κ3) is 4.49. The van der Waals surface area contributed by atoms with Crippen LogP contribution < -0.4 is 4.74 Å². The number of aryl methyl sites for hydroxylation is 1. The molecule has 0 atom stereocenters. The number of carbonyl (C=O) groups excluding carboxylic acids is 1. The molecular formula is C19H21N3O3S. The number of thiophene rings is 1. The number of carbonyl (C=O) groups is 1. The summed E-state index contributed by atoms with van der Waals surface area (Å²) in [5, 5.41) is 7.88. The monoisotopic (exact) mass is 371 g/mol. The maximum Gasteiger partial charge on any atom is 0.227 e. The van der Waals surface area contributed by atoms with E-state index < -0.39 is 0 Å². The number of hydrogen-bond donors (Lipinski definition) is 0. The van der Waals surface area contributed by atoms with E-state index in [-0.39, 0.29) is 5.91 Å². The third-order valence-corrected chi connectivity index (χ3v) is 4.59. The maximum atomic E-state index is 12.4. The van der Waals surface area contributed by atoms with Crippen molar-refractivity contribution in [1.29, 1.82) is 0 Å². The van der Waals surface area contributed by atoms with E-state index in [0.29, 0.717) is 37.7 Å². The van der Waals surface area contributed by atoms with Gasteiger partial charge in [-0.3, -0.25) is 4.79 Å². The van der Waals surface area contributed by atoms with Crippen LogP contribution in [0.25, 0.3) is 11.4 Å². The zero-order valence-electron chi connectivity index (χ0n) is 14.8. The highest BCUT2D eigenvalue weighted by atomic mass is 32.1. The van der Waals surface area contributed by atoms with Crippen LogP contribution in [0.5, 0.6) is 5.75 Å². The van der Waals surface area contributed by atoms with E-state index >= 15 is 0 Å². The van der Waals surface area contributed by atoms with E-state index in [4.69, 9.17) is 9.26 Å². The Labute approximate surface area is 156 Å². The van der Waals surface area contributed by atoms with Crippen molar-refractivity contribution in [2.45, 2.75) is 26.3 Å². The lowest BCUT2D eigenvalue weighted by Crippen LogP contribution is -2.26. The topological polar surface area (TPSA) is 68.5 Å². The van der Waals surface area contributed by atoms with Crippen LogP contribution in [0.1, 0.15) is 24.8 Å². The van der Waals surface area contributed by atoms with Crippen LogP contribution in [0.15, 0.2) is 45.6 Å². The highest BCUT2D eigenvalue weighted by molar-refractivity contribution is 7.08. The summed E-state index contributed by atoms with van der Waals surface area (Å²) in [5.74, 6) is 1.87. The lowest BCUT2D eigenvalue weighted by atomic mass is 10.2. The van der Waals surface area contributed by atoms with Gasteiger partial charge in [0.1, 0.15) is 5.75 Å². The number of hydrogen-bond acceptors (Lipinski definition) is 6. The molecule has 6 nitrogen and oxygen atoms in total. The molecule has 0 unspecified atom stereocenters. The molecule has 0 saturated heterocycles. The van der Waals surface area contributed by atoms with Gasteiger partial charge in [0.2, 0.25) is 17.6 Å². The third-order valence-electron chi connectivity index (χ3n) is 3.91. The summed E-state index contributed by atoms with van der Waals surface area (Å²) in [5.41, 5.74) is 1.92. The number of rotatable bonds is 8. The first-order chi connectivity index (χ1) is 12.7. The van der Waals surface area contributed by atoms with Gasteiger partial charge in [-0.25, -0.2) is 0 Å². The van der Waals surface area contributed by atoms with E-state index in [1.807, 2.05) is 48.0 Å². The first-order valence-corrected chi connectivity index (χ1v) is 9.41. The highest BCUT2D eigenvalue weighted by Crippen LogP contribution is 2.21. The fraction of sp³-hybridized carbons (Fsp3) is 0.316. The molecule has 136 valence electrons. The molecule has 2 heterocycles. The van der Waals surface area contributed by atoms with Gasteiger partial charge in [-0.1, -0.05) is 23.4 Å². The average molecular weight is 371 g/mol. The van der Waals surface area contributed by atoms with Crippen molar-refractivity contribution in [3.8, 4) is 17.1 Å². The van der Waals surface area contributed by atoms with Gasteiger partial charge in [0.15, 0.2) is 0 Å². The molecule has 1 aromatic carbocycles. The van der Waals surface area contributed by atoms with Crippen LogP contribution in [-0.2, 0) is 17.8 Å². The average Bonchev–Trinajstić information content (AvgIpc) is 3.33. The fourth-order valence-electron chi connectivity index (χ4n) is 2.54. The summed E-state index contributed by atoms with van der Waals surface area (Å²) in [6, 6.07) is 9.70. The number of ether oxygens (including phenoxy) is 1. The Bertz CT molecular complexity index is 845. The molecule has 3 aromatic rings. The molecule has 0 N–H and O–H groups in total. The normalized spacial score (nSPS) is 10.7. The predicted octanol–water partition coefficient (Wildman–Crippen LogP) is 3.79. The second-order valence-electron chi connectivity index (χ2n) is 5.81. The first kappa shape index (κ1) is 18.1. The lowest BCUT2D eigenvalue weighted by Gasteiger charge is -2.19. The number of para-hydroxylation sites is 1. The Balaban J connectivity index is 1.55. The van der Waals surface area contributed by atoms with E-state index in [1.54, 1.807) is 23.3 Å². The Morgan fingerprint density at radius 3 is 2.92 bits per heavy atom. The van der Waals surface area contributed by atoms with Crippen LogP contribution in [0.2, 0.25) is 0 Å². The highest BCUT2D eigenvalue weighted by Gasteiger charge is 2.15. The molecule has 1 amide bonds. The van der Waals surface area contributed by atoms with Gasteiger partial charge >= 0.3 is 0 Å². The van der Waals surface area contributed by atoms with Gasteiger partial charge < -0.3 is 14.2 Å². The molecule has 0 fully saturated rings. The fourth-order valence-corrected chi connectivity index (χ4v) is 3.18. The van der Waals surface area contributed by atoms with Crippen molar-refractivity contribution in [3.05, 3.63) is 52.5 Å². The van der Waals surface area contributed by atoms with Gasteiger partial charge in [0, 0.05) is 42.9 Å². The van der Waals surface area contributed by atoms with Crippen molar-refractivity contribution in [1.82, 2.24) is 15.0 Å². The molecule has 0 saturated carbocycles. The molecule has 0 aliphatic carbocycles. The lowest BCUT2D eigenvalue weighted by molar-refractivity contribution is -0.130. The summed E-state index contributed by atoms with van der Waals surface area (Å²) in [4.78, 5) is 18.5. The second kappa shape index (κ2) is 8.62. The minimum Gasteiger partial charge on any atom is -0.494 e. The Morgan fingerprint density at radius 2 is 2.15 bits per heavy atom. The summed E-state index contributed by atoms with van der Waals surface area (Å²) in [6.07, 6.45) is 0.742. The van der Waals surface area contributed by atoms with Crippen LogP contribution >= 0.6 is 11.3 Å². The summed E-state index contributed by atoms with van der Waals surface area (Å²) in [7, 11) is 1.79. The zero-order chi connectivity index (χ0) is 18.4. The molecule has 0 spiro atoms. The molecule has 26 heavy (non-hydrogen) atoms. The van der Waals surface area contributed by atoms with Crippen LogP contribution in [0.3, 0.4) is 0 Å². The smallest absolute Gasteiger partial charge is 0.227 e. The van der Waals surface area contributed by atoms with Crippen LogP contribution in [0.4, 0.5) is 0 Å². The molecular weight excluding hydrogens is 350 g/mol.